The third-order valence-electron chi connectivity index (χ3n) is 5.47. The van der Waals surface area contributed by atoms with Crippen molar-refractivity contribution in [2.75, 3.05) is 7.11 Å². The average molecular weight is 343 g/mol. The van der Waals surface area contributed by atoms with E-state index >= 15 is 0 Å². The molecule has 0 saturated heterocycles. The maximum absolute atomic E-state index is 12.6. The average Bonchev–Trinajstić information content (AvgIpc) is 3.39. The van der Waals surface area contributed by atoms with Crippen molar-refractivity contribution in [3.63, 3.8) is 0 Å². The lowest BCUT2D eigenvalue weighted by Gasteiger charge is -2.29. The first-order chi connectivity index (χ1) is 12.2. The van der Waals surface area contributed by atoms with E-state index in [4.69, 9.17) is 9.15 Å². The van der Waals surface area contributed by atoms with Crippen LogP contribution in [0.3, 0.4) is 0 Å². The molecule has 2 heterocycles. The van der Waals surface area contributed by atoms with Crippen molar-refractivity contribution in [2.24, 2.45) is 17.8 Å². The highest BCUT2D eigenvalue weighted by molar-refractivity contribution is 5.92. The van der Waals surface area contributed by atoms with E-state index in [2.05, 4.69) is 10.3 Å². The second-order valence-electron chi connectivity index (χ2n) is 6.88. The number of hydrogen-bond acceptors (Lipinski definition) is 5. The van der Waals surface area contributed by atoms with E-state index in [9.17, 15) is 9.59 Å². The van der Waals surface area contributed by atoms with Gasteiger partial charge in [0.1, 0.15) is 5.76 Å². The Hall–Kier alpha value is -2.57. The lowest BCUT2D eigenvalue weighted by atomic mass is 9.84. The molecule has 25 heavy (non-hydrogen) atoms. The minimum atomic E-state index is -0.275. The minimum Gasteiger partial charge on any atom is -0.469 e. The van der Waals surface area contributed by atoms with Gasteiger partial charge in [-0.15, -0.1) is 0 Å². The van der Waals surface area contributed by atoms with Crippen molar-refractivity contribution in [1.82, 2.24) is 14.9 Å². The number of carbonyl (C=O) groups is 2. The van der Waals surface area contributed by atoms with Gasteiger partial charge in [-0.1, -0.05) is 0 Å². The second-order valence-corrected chi connectivity index (χ2v) is 6.88. The molecule has 1 N–H and O–H groups in total. The molecule has 2 saturated carbocycles. The largest absolute Gasteiger partial charge is 0.469 e. The Morgan fingerprint density at radius 2 is 2.20 bits per heavy atom. The fraction of sp³-hybridized carbons (Fsp3) is 0.500. The molecular formula is C18H21N3O4. The zero-order chi connectivity index (χ0) is 17.4. The quantitative estimate of drug-likeness (QED) is 0.837. The van der Waals surface area contributed by atoms with E-state index in [1.807, 2.05) is 10.8 Å². The number of esters is 1. The SMILES string of the molecule is COC(=O)[C@H]1[C@H]2CC[C@@H](C2)[C@@H]1NC(=O)c1ccc(Cn2ccnc2)o1. The Labute approximate surface area is 145 Å². The highest BCUT2D eigenvalue weighted by atomic mass is 16.5. The molecule has 2 aliphatic rings. The number of furan rings is 1. The summed E-state index contributed by atoms with van der Waals surface area (Å²) < 4.78 is 12.5. The zero-order valence-corrected chi connectivity index (χ0v) is 14.1. The number of carbonyl (C=O) groups excluding carboxylic acids is 2. The summed E-state index contributed by atoms with van der Waals surface area (Å²) in [7, 11) is 1.40. The molecule has 7 heteroatoms. The van der Waals surface area contributed by atoms with Crippen LogP contribution < -0.4 is 5.32 Å². The first-order valence-electron chi connectivity index (χ1n) is 8.59. The van der Waals surface area contributed by atoms with Crippen LogP contribution in [0.25, 0.3) is 0 Å². The molecule has 2 aromatic heterocycles. The van der Waals surface area contributed by atoms with Gasteiger partial charge in [-0.25, -0.2) is 4.98 Å². The molecule has 7 nitrogen and oxygen atoms in total. The standard InChI is InChI=1S/C18H21N3O4/c1-24-18(23)15-11-2-3-12(8-11)16(15)20-17(22)14-5-4-13(25-14)9-21-7-6-19-10-21/h4-7,10-12,15-16H,2-3,8-9H2,1H3,(H,20,22)/t11-,12-,15-,16-/m0/s1. The number of amides is 1. The molecular weight excluding hydrogens is 322 g/mol. The monoisotopic (exact) mass is 343 g/mol. The third-order valence-corrected chi connectivity index (χ3v) is 5.47. The van der Waals surface area contributed by atoms with Crippen LogP contribution in [0.1, 0.15) is 35.6 Å². The van der Waals surface area contributed by atoms with Gasteiger partial charge in [0.05, 0.1) is 25.9 Å². The maximum Gasteiger partial charge on any atom is 0.311 e. The molecule has 0 aliphatic heterocycles. The summed E-state index contributed by atoms with van der Waals surface area (Å²) in [5.74, 6) is 0.867. The fourth-order valence-electron chi connectivity index (χ4n) is 4.34. The third kappa shape index (κ3) is 2.94. The lowest BCUT2D eigenvalue weighted by Crippen LogP contribution is -2.47. The number of nitrogens with zero attached hydrogens (tertiary/aromatic N) is 2. The summed E-state index contributed by atoms with van der Waals surface area (Å²) in [5, 5.41) is 3.01. The number of aromatic nitrogens is 2. The van der Waals surface area contributed by atoms with Gasteiger partial charge in [0, 0.05) is 18.4 Å². The van der Waals surface area contributed by atoms with Crippen LogP contribution in [0.5, 0.6) is 0 Å². The molecule has 2 aliphatic carbocycles. The number of methoxy groups -OCH3 is 1. The van der Waals surface area contributed by atoms with Gasteiger partial charge in [-0.05, 0) is 43.2 Å². The summed E-state index contributed by atoms with van der Waals surface area (Å²) >= 11 is 0. The zero-order valence-electron chi connectivity index (χ0n) is 14.1. The van der Waals surface area contributed by atoms with Crippen molar-refractivity contribution >= 4 is 11.9 Å². The smallest absolute Gasteiger partial charge is 0.311 e. The molecule has 2 bridgehead atoms. The molecule has 4 rings (SSSR count). The maximum atomic E-state index is 12.6. The van der Waals surface area contributed by atoms with E-state index in [1.54, 1.807) is 24.7 Å². The summed E-state index contributed by atoms with van der Waals surface area (Å²) in [4.78, 5) is 28.7. The Bertz CT molecular complexity index is 767. The predicted octanol–water partition coefficient (Wildman–Crippen LogP) is 1.84. The van der Waals surface area contributed by atoms with Crippen LogP contribution >= 0.6 is 0 Å². The Morgan fingerprint density at radius 3 is 2.96 bits per heavy atom. The topological polar surface area (TPSA) is 86.4 Å². The second kappa shape index (κ2) is 6.38. The molecule has 1 amide bonds. The van der Waals surface area contributed by atoms with Crippen LogP contribution in [0, 0.1) is 17.8 Å². The van der Waals surface area contributed by atoms with Gasteiger partial charge < -0.3 is 19.0 Å². The van der Waals surface area contributed by atoms with E-state index < -0.39 is 0 Å². The molecule has 2 fully saturated rings. The molecule has 4 atom stereocenters. The van der Waals surface area contributed by atoms with Crippen LogP contribution in [0.2, 0.25) is 0 Å². The number of imidazole rings is 1. The van der Waals surface area contributed by atoms with Gasteiger partial charge >= 0.3 is 5.97 Å². The summed E-state index contributed by atoms with van der Waals surface area (Å²) in [6, 6.07) is 3.29. The Balaban J connectivity index is 1.44. The van der Waals surface area contributed by atoms with E-state index in [1.165, 1.54) is 7.11 Å². The first kappa shape index (κ1) is 15.9. The van der Waals surface area contributed by atoms with E-state index in [-0.39, 0.29) is 29.6 Å². The summed E-state index contributed by atoms with van der Waals surface area (Å²) in [6.07, 6.45) is 8.28. The van der Waals surface area contributed by atoms with Gasteiger partial charge in [0.2, 0.25) is 0 Å². The number of fused-ring (bicyclic) bond motifs is 2. The van der Waals surface area contributed by atoms with Gasteiger partial charge in [-0.2, -0.15) is 0 Å². The number of ether oxygens (including phenoxy) is 1. The van der Waals surface area contributed by atoms with Crippen molar-refractivity contribution in [3.05, 3.63) is 42.4 Å². The van der Waals surface area contributed by atoms with Crippen molar-refractivity contribution in [3.8, 4) is 0 Å². The van der Waals surface area contributed by atoms with Crippen LogP contribution in [0.15, 0.2) is 35.3 Å². The summed E-state index contributed by atoms with van der Waals surface area (Å²) in [5.41, 5.74) is 0. The van der Waals surface area contributed by atoms with Crippen LogP contribution in [0.4, 0.5) is 0 Å². The van der Waals surface area contributed by atoms with Crippen molar-refractivity contribution in [1.29, 1.82) is 0 Å². The van der Waals surface area contributed by atoms with Crippen molar-refractivity contribution in [2.45, 2.75) is 31.8 Å². The number of hydrogen-bond donors (Lipinski definition) is 1. The predicted molar refractivity (Wildman–Crippen MR) is 87.6 cm³/mol. The Kier molecular flexibility index (Phi) is 4.07. The van der Waals surface area contributed by atoms with Gasteiger partial charge in [0.15, 0.2) is 5.76 Å². The lowest BCUT2D eigenvalue weighted by molar-refractivity contribution is -0.148. The molecule has 132 valence electrons. The van der Waals surface area contributed by atoms with Gasteiger partial charge in [0.25, 0.3) is 5.91 Å². The normalized spacial score (nSPS) is 27.4. The first-order valence-corrected chi connectivity index (χ1v) is 8.59. The Morgan fingerprint density at radius 1 is 1.36 bits per heavy atom. The molecule has 0 spiro atoms. The highest BCUT2D eigenvalue weighted by Crippen LogP contribution is 2.49. The molecule has 0 aromatic carbocycles. The molecule has 2 aromatic rings. The highest BCUT2D eigenvalue weighted by Gasteiger charge is 2.52. The number of rotatable bonds is 5. The van der Waals surface area contributed by atoms with E-state index in [0.29, 0.717) is 24.1 Å². The fourth-order valence-corrected chi connectivity index (χ4v) is 4.34. The van der Waals surface area contributed by atoms with Crippen LogP contribution in [-0.4, -0.2) is 34.6 Å². The van der Waals surface area contributed by atoms with Gasteiger partial charge in [-0.3, -0.25) is 9.59 Å². The number of nitrogens with one attached hydrogen (secondary N) is 1. The molecule has 0 unspecified atom stereocenters. The van der Waals surface area contributed by atoms with Crippen molar-refractivity contribution < 1.29 is 18.7 Å². The van der Waals surface area contributed by atoms with E-state index in [0.717, 1.165) is 19.3 Å². The minimum absolute atomic E-state index is 0.166. The summed E-state index contributed by atoms with van der Waals surface area (Å²) in [6.45, 7) is 0.520. The molecule has 0 radical (unpaired) electrons. The van der Waals surface area contributed by atoms with Crippen LogP contribution in [-0.2, 0) is 16.1 Å².